The van der Waals surface area contributed by atoms with Crippen LogP contribution in [-0.4, -0.2) is 22.3 Å². The highest BCUT2D eigenvalue weighted by Gasteiger charge is 2.32. The Morgan fingerprint density at radius 2 is 2.43 bits per heavy atom. The van der Waals surface area contributed by atoms with Crippen LogP contribution in [0.25, 0.3) is 0 Å². The van der Waals surface area contributed by atoms with E-state index < -0.39 is 0 Å². The second-order valence-electron chi connectivity index (χ2n) is 3.26. The van der Waals surface area contributed by atoms with E-state index in [0.29, 0.717) is 0 Å². The first-order valence-electron chi connectivity index (χ1n) is 4.54. The van der Waals surface area contributed by atoms with Gasteiger partial charge in [-0.15, -0.1) is 0 Å². The summed E-state index contributed by atoms with van der Waals surface area (Å²) in [4.78, 5) is 15.5. The lowest BCUT2D eigenvalue weighted by Gasteiger charge is -2.02. The Balaban J connectivity index is 2.02. The molecule has 0 radical (unpaired) electrons. The van der Waals surface area contributed by atoms with Gasteiger partial charge >= 0.3 is 5.97 Å². The van der Waals surface area contributed by atoms with Crippen molar-refractivity contribution in [1.29, 1.82) is 0 Å². The Bertz CT molecular complexity index is 328. The first-order chi connectivity index (χ1) is 6.75. The number of carbonyl (C=O) groups is 1. The molecule has 1 aromatic heterocycles. The standard InChI is InChI=1S/C10H11NO2S/c1-7-6-8(10(12)13-7)14-9-4-2-3-5-11-9/h2-5,7-8H,6H2,1H3/t7-,8+/m0/s1. The van der Waals surface area contributed by atoms with Crippen LogP contribution in [0.2, 0.25) is 0 Å². The molecule has 14 heavy (non-hydrogen) atoms. The first kappa shape index (κ1) is 9.52. The third kappa shape index (κ3) is 2.07. The van der Waals surface area contributed by atoms with E-state index >= 15 is 0 Å². The van der Waals surface area contributed by atoms with E-state index in [4.69, 9.17) is 4.74 Å². The number of aromatic nitrogens is 1. The number of carbonyl (C=O) groups excluding carboxylic acids is 1. The predicted molar refractivity (Wildman–Crippen MR) is 54.1 cm³/mol. The average molecular weight is 209 g/mol. The van der Waals surface area contributed by atoms with E-state index in [1.54, 1.807) is 6.20 Å². The van der Waals surface area contributed by atoms with Crippen molar-refractivity contribution in [3.05, 3.63) is 24.4 Å². The molecule has 4 heteroatoms. The third-order valence-electron chi connectivity index (χ3n) is 2.03. The van der Waals surface area contributed by atoms with Crippen LogP contribution >= 0.6 is 11.8 Å². The molecular formula is C10H11NO2S. The fourth-order valence-electron chi connectivity index (χ4n) is 1.38. The highest BCUT2D eigenvalue weighted by Crippen LogP contribution is 2.30. The van der Waals surface area contributed by atoms with E-state index in [9.17, 15) is 4.79 Å². The maximum Gasteiger partial charge on any atom is 0.319 e. The molecule has 0 bridgehead atoms. The van der Waals surface area contributed by atoms with Gasteiger partial charge in [0.25, 0.3) is 0 Å². The van der Waals surface area contributed by atoms with Crippen molar-refractivity contribution in [2.45, 2.75) is 29.7 Å². The molecule has 0 aliphatic carbocycles. The molecule has 1 fully saturated rings. The number of cyclic esters (lactones) is 1. The third-order valence-corrected chi connectivity index (χ3v) is 3.18. The molecular weight excluding hydrogens is 198 g/mol. The number of hydrogen-bond acceptors (Lipinski definition) is 4. The molecule has 2 heterocycles. The number of thioether (sulfide) groups is 1. The minimum Gasteiger partial charge on any atom is -0.462 e. The Morgan fingerprint density at radius 3 is 3.00 bits per heavy atom. The van der Waals surface area contributed by atoms with Crippen LogP contribution in [0.5, 0.6) is 0 Å². The van der Waals surface area contributed by atoms with Crippen molar-refractivity contribution in [1.82, 2.24) is 4.98 Å². The molecule has 0 amide bonds. The Kier molecular flexibility index (Phi) is 2.72. The van der Waals surface area contributed by atoms with Gasteiger partial charge in [0.1, 0.15) is 11.4 Å². The summed E-state index contributed by atoms with van der Waals surface area (Å²) in [7, 11) is 0. The summed E-state index contributed by atoms with van der Waals surface area (Å²) in [5.41, 5.74) is 0. The van der Waals surface area contributed by atoms with Gasteiger partial charge < -0.3 is 4.74 Å². The van der Waals surface area contributed by atoms with Crippen LogP contribution in [0.15, 0.2) is 29.4 Å². The van der Waals surface area contributed by atoms with Crippen LogP contribution in [0, 0.1) is 0 Å². The van der Waals surface area contributed by atoms with Gasteiger partial charge in [-0.3, -0.25) is 4.79 Å². The molecule has 0 aromatic carbocycles. The van der Waals surface area contributed by atoms with Crippen molar-refractivity contribution in [2.24, 2.45) is 0 Å². The largest absolute Gasteiger partial charge is 0.462 e. The number of ether oxygens (including phenoxy) is 1. The Hall–Kier alpha value is -1.03. The highest BCUT2D eigenvalue weighted by molar-refractivity contribution is 8.00. The Morgan fingerprint density at radius 1 is 1.57 bits per heavy atom. The van der Waals surface area contributed by atoms with Gasteiger partial charge in [-0.2, -0.15) is 0 Å². The van der Waals surface area contributed by atoms with E-state index in [1.807, 2.05) is 25.1 Å². The Labute approximate surface area is 86.9 Å². The lowest BCUT2D eigenvalue weighted by Crippen LogP contribution is -2.09. The quantitative estimate of drug-likeness (QED) is 0.697. The normalized spacial score (nSPS) is 26.2. The van der Waals surface area contributed by atoms with Crippen LogP contribution in [0.3, 0.4) is 0 Å². The van der Waals surface area contributed by atoms with Gasteiger partial charge in [0.15, 0.2) is 0 Å². The molecule has 1 aromatic rings. The summed E-state index contributed by atoms with van der Waals surface area (Å²) in [6.45, 7) is 1.91. The number of hydrogen-bond donors (Lipinski definition) is 0. The summed E-state index contributed by atoms with van der Waals surface area (Å²) in [6.07, 6.45) is 2.55. The second-order valence-corrected chi connectivity index (χ2v) is 4.48. The molecule has 1 saturated heterocycles. The van der Waals surface area contributed by atoms with Crippen molar-refractivity contribution < 1.29 is 9.53 Å². The maximum atomic E-state index is 11.3. The average Bonchev–Trinajstić information content (AvgIpc) is 2.47. The molecule has 3 nitrogen and oxygen atoms in total. The lowest BCUT2D eigenvalue weighted by atomic mass is 10.3. The van der Waals surface area contributed by atoms with Crippen LogP contribution < -0.4 is 0 Å². The predicted octanol–water partition coefficient (Wildman–Crippen LogP) is 1.88. The number of esters is 1. The fourth-order valence-corrected chi connectivity index (χ4v) is 2.47. The van der Waals surface area contributed by atoms with Crippen molar-refractivity contribution in [3.63, 3.8) is 0 Å². The van der Waals surface area contributed by atoms with Crippen LogP contribution in [0.1, 0.15) is 13.3 Å². The summed E-state index contributed by atoms with van der Waals surface area (Å²) < 4.78 is 5.06. The monoisotopic (exact) mass is 209 g/mol. The van der Waals surface area contributed by atoms with E-state index in [0.717, 1.165) is 11.4 Å². The van der Waals surface area contributed by atoms with Crippen molar-refractivity contribution in [2.75, 3.05) is 0 Å². The van der Waals surface area contributed by atoms with Gasteiger partial charge in [-0.05, 0) is 19.1 Å². The van der Waals surface area contributed by atoms with E-state index in [-0.39, 0.29) is 17.3 Å². The van der Waals surface area contributed by atoms with Crippen LogP contribution in [-0.2, 0) is 9.53 Å². The van der Waals surface area contributed by atoms with Crippen molar-refractivity contribution in [3.8, 4) is 0 Å². The highest BCUT2D eigenvalue weighted by atomic mass is 32.2. The van der Waals surface area contributed by atoms with Gasteiger partial charge in [0, 0.05) is 12.6 Å². The van der Waals surface area contributed by atoms with Gasteiger partial charge in [0.05, 0.1) is 5.03 Å². The summed E-state index contributed by atoms with van der Waals surface area (Å²) in [6, 6.07) is 5.68. The SMILES string of the molecule is C[C@H]1C[C@@H](Sc2ccccn2)C(=O)O1. The number of pyridine rings is 1. The number of nitrogens with zero attached hydrogens (tertiary/aromatic N) is 1. The number of rotatable bonds is 2. The smallest absolute Gasteiger partial charge is 0.319 e. The molecule has 0 N–H and O–H groups in total. The minimum atomic E-state index is -0.117. The van der Waals surface area contributed by atoms with E-state index in [2.05, 4.69) is 4.98 Å². The molecule has 0 unspecified atom stereocenters. The van der Waals surface area contributed by atoms with Gasteiger partial charge in [-0.25, -0.2) is 4.98 Å². The molecule has 1 aliphatic rings. The molecule has 74 valence electrons. The second kappa shape index (κ2) is 4.00. The van der Waals surface area contributed by atoms with E-state index in [1.165, 1.54) is 11.8 Å². The maximum absolute atomic E-state index is 11.3. The zero-order valence-corrected chi connectivity index (χ0v) is 8.66. The van der Waals surface area contributed by atoms with Gasteiger partial charge in [-0.1, -0.05) is 17.8 Å². The molecule has 0 spiro atoms. The lowest BCUT2D eigenvalue weighted by molar-refractivity contribution is -0.140. The van der Waals surface area contributed by atoms with Crippen molar-refractivity contribution >= 4 is 17.7 Å². The zero-order valence-electron chi connectivity index (χ0n) is 7.84. The first-order valence-corrected chi connectivity index (χ1v) is 5.42. The molecule has 1 aliphatic heterocycles. The molecule has 2 rings (SSSR count). The fraction of sp³-hybridized carbons (Fsp3) is 0.400. The van der Waals surface area contributed by atoms with Gasteiger partial charge in [0.2, 0.25) is 0 Å². The summed E-state index contributed by atoms with van der Waals surface area (Å²) in [5.74, 6) is -0.117. The minimum absolute atomic E-state index is 0.0451. The summed E-state index contributed by atoms with van der Waals surface area (Å²) in [5, 5.41) is 0.795. The zero-order chi connectivity index (χ0) is 9.97. The summed E-state index contributed by atoms with van der Waals surface area (Å²) >= 11 is 1.48. The van der Waals surface area contributed by atoms with Crippen LogP contribution in [0.4, 0.5) is 0 Å². The molecule has 2 atom stereocenters. The topological polar surface area (TPSA) is 39.2 Å². The molecule has 0 saturated carbocycles.